The van der Waals surface area contributed by atoms with Gasteiger partial charge in [0.1, 0.15) is 0 Å². The fourth-order valence-corrected chi connectivity index (χ4v) is 0.754. The zero-order valence-corrected chi connectivity index (χ0v) is 8.53. The fraction of sp³-hybridized carbons (Fsp3) is 0.286. The number of nitrogens with one attached hydrogen (secondary N) is 1. The van der Waals surface area contributed by atoms with Crippen LogP contribution in [0.4, 0.5) is 0 Å². The largest absolute Gasteiger partial charge is 0.399 e. The monoisotopic (exact) mass is 220 g/mol. The van der Waals surface area contributed by atoms with Crippen LogP contribution in [0.1, 0.15) is 0 Å². The highest BCUT2D eigenvalue weighted by molar-refractivity contribution is 7.81. The molecule has 0 fully saturated rings. The summed E-state index contributed by atoms with van der Waals surface area (Å²) in [6, 6.07) is 0. The smallest absolute Gasteiger partial charge is 0.351 e. The van der Waals surface area contributed by atoms with Gasteiger partial charge in [0.2, 0.25) is 0 Å². The molecule has 1 heterocycles. The summed E-state index contributed by atoms with van der Waals surface area (Å²) >= 11 is 0. The van der Waals surface area contributed by atoms with Gasteiger partial charge in [0.15, 0.2) is 0 Å². The van der Waals surface area contributed by atoms with E-state index in [0.717, 1.165) is 7.11 Å². The van der Waals surface area contributed by atoms with Crippen LogP contribution < -0.4 is 0 Å². The molecule has 80 valence electrons. The van der Waals surface area contributed by atoms with E-state index in [1.54, 1.807) is 18.7 Å². The first kappa shape index (κ1) is 12.8. The van der Waals surface area contributed by atoms with Gasteiger partial charge >= 0.3 is 10.4 Å². The number of aromatic amines is 1. The van der Waals surface area contributed by atoms with Crippen molar-refractivity contribution in [1.29, 1.82) is 0 Å². The molecule has 0 amide bonds. The molecular weight excluding hydrogens is 208 g/mol. The molecule has 1 aromatic rings. The second-order valence-electron chi connectivity index (χ2n) is 1.91. The Bertz CT molecular complexity index is 302. The number of hydrogen-bond acceptors (Lipinski definition) is 5. The lowest BCUT2D eigenvalue weighted by molar-refractivity contribution is 0.265. The number of H-pyrrole nitrogens is 1. The first-order chi connectivity index (χ1) is 6.62. The van der Waals surface area contributed by atoms with Gasteiger partial charge < -0.3 is 4.98 Å². The Morgan fingerprint density at radius 2 is 2.36 bits per heavy atom. The highest BCUT2D eigenvalue weighted by Gasteiger charge is 2.05. The van der Waals surface area contributed by atoms with Crippen molar-refractivity contribution in [1.82, 2.24) is 9.97 Å². The predicted octanol–water partition coefficient (Wildman–Crippen LogP) is 0.490. The molecule has 0 aliphatic carbocycles. The van der Waals surface area contributed by atoms with E-state index < -0.39 is 10.4 Å². The molecule has 0 aliphatic rings. The van der Waals surface area contributed by atoms with Gasteiger partial charge in [0, 0.05) is 12.4 Å². The van der Waals surface area contributed by atoms with Gasteiger partial charge in [-0.25, -0.2) is 9.17 Å². The van der Waals surface area contributed by atoms with Crippen molar-refractivity contribution in [2.45, 2.75) is 0 Å². The zero-order valence-electron chi connectivity index (χ0n) is 7.71. The standard InChI is InChI=1S/C4H8O4S.C3H4N2/c1-3-4-8-9(5,6)7-2;1-2-5-3-4-1/h3H,1,4H2,2H3;1-3H,(H,4,5). The van der Waals surface area contributed by atoms with Crippen LogP contribution in [0, 0.1) is 0 Å². The summed E-state index contributed by atoms with van der Waals surface area (Å²) in [4.78, 5) is 6.42. The molecule has 0 saturated carbocycles. The predicted molar refractivity (Wildman–Crippen MR) is 50.7 cm³/mol. The van der Waals surface area contributed by atoms with E-state index in [1.807, 2.05) is 0 Å². The highest BCUT2D eigenvalue weighted by atomic mass is 32.3. The average Bonchev–Trinajstić information content (AvgIpc) is 2.73. The molecule has 0 aliphatic heterocycles. The molecular formula is C7H12N2O4S. The minimum Gasteiger partial charge on any atom is -0.351 e. The van der Waals surface area contributed by atoms with E-state index >= 15 is 0 Å². The molecule has 1 N–H and O–H groups in total. The third kappa shape index (κ3) is 7.47. The Hall–Kier alpha value is -1.18. The lowest BCUT2D eigenvalue weighted by Gasteiger charge is -1.96. The van der Waals surface area contributed by atoms with Gasteiger partial charge in [-0.1, -0.05) is 6.08 Å². The third-order valence-corrected chi connectivity index (χ3v) is 1.77. The van der Waals surface area contributed by atoms with Gasteiger partial charge in [-0.2, -0.15) is 8.42 Å². The molecule has 0 radical (unpaired) electrons. The molecule has 0 aromatic carbocycles. The van der Waals surface area contributed by atoms with Crippen molar-refractivity contribution >= 4 is 10.4 Å². The fourth-order valence-electron chi connectivity index (χ4n) is 0.395. The van der Waals surface area contributed by atoms with Crippen LogP contribution in [0.25, 0.3) is 0 Å². The maximum Gasteiger partial charge on any atom is 0.399 e. The first-order valence-corrected chi connectivity index (χ1v) is 4.94. The van der Waals surface area contributed by atoms with Crippen LogP contribution in [0.15, 0.2) is 31.4 Å². The maximum absolute atomic E-state index is 10.3. The Morgan fingerprint density at radius 1 is 1.64 bits per heavy atom. The summed E-state index contributed by atoms with van der Waals surface area (Å²) in [5.41, 5.74) is 0. The van der Waals surface area contributed by atoms with E-state index in [9.17, 15) is 8.42 Å². The van der Waals surface area contributed by atoms with Crippen molar-refractivity contribution in [3.05, 3.63) is 31.4 Å². The van der Waals surface area contributed by atoms with Crippen molar-refractivity contribution in [3.63, 3.8) is 0 Å². The van der Waals surface area contributed by atoms with Gasteiger partial charge in [0.05, 0.1) is 20.0 Å². The average molecular weight is 220 g/mol. The van der Waals surface area contributed by atoms with E-state index in [4.69, 9.17) is 0 Å². The normalized spacial score (nSPS) is 10.1. The van der Waals surface area contributed by atoms with Crippen LogP contribution in [-0.2, 0) is 18.8 Å². The van der Waals surface area contributed by atoms with Crippen molar-refractivity contribution in [3.8, 4) is 0 Å². The number of aromatic nitrogens is 2. The van der Waals surface area contributed by atoms with Crippen LogP contribution in [0.3, 0.4) is 0 Å². The molecule has 6 nitrogen and oxygen atoms in total. The lowest BCUT2D eigenvalue weighted by Crippen LogP contribution is -2.06. The summed E-state index contributed by atoms with van der Waals surface area (Å²) in [5, 5.41) is 0. The van der Waals surface area contributed by atoms with E-state index in [2.05, 4.69) is 24.9 Å². The summed E-state index contributed by atoms with van der Waals surface area (Å²) in [5.74, 6) is 0. The third-order valence-electron chi connectivity index (χ3n) is 0.940. The van der Waals surface area contributed by atoms with Gasteiger partial charge in [0.25, 0.3) is 0 Å². The summed E-state index contributed by atoms with van der Waals surface area (Å²) in [6.07, 6.45) is 6.40. The minimum atomic E-state index is -3.75. The molecule has 1 rings (SSSR count). The highest BCUT2D eigenvalue weighted by Crippen LogP contribution is 1.91. The molecule has 1 aromatic heterocycles. The molecule has 0 atom stereocenters. The SMILES string of the molecule is C=CCOS(=O)(=O)OC.c1c[nH]cn1. The van der Waals surface area contributed by atoms with Crippen molar-refractivity contribution < 1.29 is 16.8 Å². The second kappa shape index (κ2) is 7.25. The van der Waals surface area contributed by atoms with Crippen molar-refractivity contribution in [2.75, 3.05) is 13.7 Å². The minimum absolute atomic E-state index is 0.0594. The van der Waals surface area contributed by atoms with Crippen LogP contribution >= 0.6 is 0 Å². The molecule has 0 saturated heterocycles. The quantitative estimate of drug-likeness (QED) is 0.747. The van der Waals surface area contributed by atoms with E-state index in [-0.39, 0.29) is 6.61 Å². The van der Waals surface area contributed by atoms with Crippen molar-refractivity contribution in [2.24, 2.45) is 0 Å². The molecule has 0 spiro atoms. The lowest BCUT2D eigenvalue weighted by atomic mass is 10.7. The van der Waals surface area contributed by atoms with Crippen LogP contribution in [0.5, 0.6) is 0 Å². The van der Waals surface area contributed by atoms with Gasteiger partial charge in [-0.15, -0.1) is 6.58 Å². The van der Waals surface area contributed by atoms with Gasteiger partial charge in [-0.05, 0) is 0 Å². The number of imidazole rings is 1. The molecule has 0 bridgehead atoms. The van der Waals surface area contributed by atoms with E-state index in [0.29, 0.717) is 0 Å². The topological polar surface area (TPSA) is 81.3 Å². The van der Waals surface area contributed by atoms with Crippen LogP contribution in [-0.4, -0.2) is 32.1 Å². The number of rotatable bonds is 4. The first-order valence-electron chi connectivity index (χ1n) is 3.61. The Balaban J connectivity index is 0.000000280. The summed E-state index contributed by atoms with van der Waals surface area (Å²) in [7, 11) is -2.73. The number of hydrogen-bond donors (Lipinski definition) is 1. The number of nitrogens with zero attached hydrogens (tertiary/aromatic N) is 1. The Labute approximate surface area is 82.9 Å². The molecule has 14 heavy (non-hydrogen) atoms. The van der Waals surface area contributed by atoms with Crippen LogP contribution in [0.2, 0.25) is 0 Å². The zero-order chi connectivity index (χ0) is 10.9. The second-order valence-corrected chi connectivity index (χ2v) is 3.29. The summed E-state index contributed by atoms with van der Waals surface area (Å²) < 4.78 is 28.6. The van der Waals surface area contributed by atoms with E-state index in [1.165, 1.54) is 6.08 Å². The van der Waals surface area contributed by atoms with Gasteiger partial charge in [-0.3, -0.25) is 4.18 Å². The Kier molecular flexibility index (Phi) is 6.63. The maximum atomic E-state index is 10.3. The molecule has 7 heteroatoms. The Morgan fingerprint density at radius 3 is 2.64 bits per heavy atom. The summed E-state index contributed by atoms with van der Waals surface area (Å²) in [6.45, 7) is 3.19. The molecule has 0 unspecified atom stereocenters.